The van der Waals surface area contributed by atoms with Gasteiger partial charge in [0.25, 0.3) is 0 Å². The van der Waals surface area contributed by atoms with Crippen LogP contribution in [0.2, 0.25) is 5.02 Å². The maximum Gasteiger partial charge on any atom is 0.315 e. The van der Waals surface area contributed by atoms with Crippen molar-refractivity contribution in [2.24, 2.45) is 0 Å². The molecule has 26 heavy (non-hydrogen) atoms. The maximum atomic E-state index is 12.1. The molecule has 2 aromatic rings. The first-order valence-corrected chi connectivity index (χ1v) is 9.53. The van der Waals surface area contributed by atoms with Crippen LogP contribution in [0.25, 0.3) is 0 Å². The number of fused-ring (bicyclic) bond motifs is 1. The summed E-state index contributed by atoms with van der Waals surface area (Å²) in [6, 6.07) is 12.8. The fourth-order valence-corrected chi connectivity index (χ4v) is 3.72. The number of nitrogens with one attached hydrogen (secondary N) is 3. The first-order chi connectivity index (χ1) is 12.5. The molecule has 0 radical (unpaired) electrons. The van der Waals surface area contributed by atoms with Gasteiger partial charge in [-0.2, -0.15) is 0 Å². The van der Waals surface area contributed by atoms with Crippen molar-refractivity contribution in [3.8, 4) is 0 Å². The minimum Gasteiger partial charge on any atom is -0.348 e. The lowest BCUT2D eigenvalue weighted by atomic mass is 10.1. The van der Waals surface area contributed by atoms with E-state index in [1.165, 1.54) is 5.56 Å². The van der Waals surface area contributed by atoms with Crippen molar-refractivity contribution in [2.75, 3.05) is 6.54 Å². The lowest BCUT2D eigenvalue weighted by Crippen LogP contribution is -2.42. The van der Waals surface area contributed by atoms with Crippen LogP contribution in [0.1, 0.15) is 29.2 Å². The fourth-order valence-electron chi connectivity index (χ4n) is 3.01. The van der Waals surface area contributed by atoms with Crippen molar-refractivity contribution in [2.45, 2.75) is 25.4 Å². The molecule has 0 saturated carbocycles. The normalized spacial score (nSPS) is 15.2. The third kappa shape index (κ3) is 4.77. The van der Waals surface area contributed by atoms with Crippen LogP contribution in [0, 0.1) is 0 Å². The topological polar surface area (TPSA) is 70.2 Å². The van der Waals surface area contributed by atoms with Crippen LogP contribution < -0.4 is 16.0 Å². The van der Waals surface area contributed by atoms with Gasteiger partial charge in [-0.1, -0.05) is 51.8 Å². The maximum absolute atomic E-state index is 12.1. The van der Waals surface area contributed by atoms with E-state index in [4.69, 9.17) is 11.6 Å². The summed E-state index contributed by atoms with van der Waals surface area (Å²) in [6.07, 6.45) is 1.79. The molecule has 1 aliphatic rings. The van der Waals surface area contributed by atoms with Gasteiger partial charge in [0.05, 0.1) is 12.6 Å². The Bertz CT molecular complexity index is 811. The van der Waals surface area contributed by atoms with E-state index in [0.717, 1.165) is 28.4 Å². The van der Waals surface area contributed by atoms with Crippen LogP contribution in [0.5, 0.6) is 0 Å². The van der Waals surface area contributed by atoms with Crippen LogP contribution in [0.4, 0.5) is 4.79 Å². The van der Waals surface area contributed by atoms with Crippen molar-refractivity contribution < 1.29 is 9.59 Å². The van der Waals surface area contributed by atoms with Crippen LogP contribution in [-0.2, 0) is 17.8 Å². The highest BCUT2D eigenvalue weighted by atomic mass is 79.9. The summed E-state index contributed by atoms with van der Waals surface area (Å²) in [5.41, 5.74) is 3.31. The molecule has 3 rings (SSSR count). The Hall–Kier alpha value is -2.05. The third-order valence-corrected chi connectivity index (χ3v) is 5.32. The van der Waals surface area contributed by atoms with Crippen molar-refractivity contribution >= 4 is 39.5 Å². The minimum absolute atomic E-state index is 0.00562. The first kappa shape index (κ1) is 18.7. The van der Waals surface area contributed by atoms with Gasteiger partial charge >= 0.3 is 6.03 Å². The van der Waals surface area contributed by atoms with Gasteiger partial charge in [0.1, 0.15) is 0 Å². The quantitative estimate of drug-likeness (QED) is 0.669. The zero-order chi connectivity index (χ0) is 18.5. The Balaban J connectivity index is 1.42. The average Bonchev–Trinajstić information content (AvgIpc) is 3.04. The summed E-state index contributed by atoms with van der Waals surface area (Å²) in [5, 5.41) is 8.92. The van der Waals surface area contributed by atoms with Crippen LogP contribution in [0.3, 0.4) is 0 Å². The Morgan fingerprint density at radius 3 is 2.65 bits per heavy atom. The van der Waals surface area contributed by atoms with E-state index in [1.807, 2.05) is 30.3 Å². The standard InChI is InChI=1S/C19H19BrClN3O2/c20-16-3-1-2-15-14(16)8-9-17(15)24-18(25)11-23-19(26)22-10-12-4-6-13(21)7-5-12/h1-7,17H,8-11H2,(H,24,25)(H2,22,23,26). The summed E-state index contributed by atoms with van der Waals surface area (Å²) in [4.78, 5) is 24.0. The van der Waals surface area contributed by atoms with E-state index in [2.05, 4.69) is 31.9 Å². The van der Waals surface area contributed by atoms with Gasteiger partial charge in [0, 0.05) is 16.0 Å². The number of amides is 3. The van der Waals surface area contributed by atoms with Gasteiger partial charge in [-0.05, 0) is 47.7 Å². The number of carbonyl (C=O) groups is 2. The first-order valence-electron chi connectivity index (χ1n) is 8.35. The number of urea groups is 1. The fraction of sp³-hybridized carbons (Fsp3) is 0.263. The molecule has 7 heteroatoms. The summed E-state index contributed by atoms with van der Waals surface area (Å²) < 4.78 is 1.08. The van der Waals surface area contributed by atoms with E-state index in [-0.39, 0.29) is 24.5 Å². The Morgan fingerprint density at radius 2 is 1.88 bits per heavy atom. The molecule has 5 nitrogen and oxygen atoms in total. The van der Waals surface area contributed by atoms with Gasteiger partial charge in [-0.25, -0.2) is 4.79 Å². The van der Waals surface area contributed by atoms with Crippen LogP contribution in [-0.4, -0.2) is 18.5 Å². The van der Waals surface area contributed by atoms with Crippen LogP contribution >= 0.6 is 27.5 Å². The highest BCUT2D eigenvalue weighted by molar-refractivity contribution is 9.10. The molecule has 3 N–H and O–H groups in total. The number of rotatable bonds is 5. The number of benzene rings is 2. The molecule has 1 aliphatic carbocycles. The molecule has 1 atom stereocenters. The number of hydrogen-bond acceptors (Lipinski definition) is 2. The summed E-state index contributed by atoms with van der Waals surface area (Å²) in [6.45, 7) is 0.306. The molecular formula is C19H19BrClN3O2. The number of halogens is 2. The molecule has 0 spiro atoms. The molecule has 0 heterocycles. The largest absolute Gasteiger partial charge is 0.348 e. The predicted molar refractivity (Wildman–Crippen MR) is 105 cm³/mol. The summed E-state index contributed by atoms with van der Waals surface area (Å²) in [5.74, 6) is -0.204. The van der Waals surface area contributed by atoms with E-state index in [0.29, 0.717) is 11.6 Å². The number of carbonyl (C=O) groups excluding carboxylic acids is 2. The summed E-state index contributed by atoms with van der Waals surface area (Å²) in [7, 11) is 0. The monoisotopic (exact) mass is 435 g/mol. The van der Waals surface area contributed by atoms with Gasteiger partial charge in [0.2, 0.25) is 5.91 Å². The third-order valence-electron chi connectivity index (χ3n) is 4.32. The van der Waals surface area contributed by atoms with E-state index in [9.17, 15) is 9.59 Å². The SMILES string of the molecule is O=C(CNC(=O)NCc1ccc(Cl)cc1)NC1CCc2c(Br)cccc21. The Labute approximate surface area is 165 Å². The average molecular weight is 437 g/mol. The molecule has 0 aromatic heterocycles. The van der Waals surface area contributed by atoms with E-state index < -0.39 is 0 Å². The zero-order valence-electron chi connectivity index (χ0n) is 14.0. The predicted octanol–water partition coefficient (Wildman–Crippen LogP) is 3.71. The van der Waals surface area contributed by atoms with Gasteiger partial charge in [-0.15, -0.1) is 0 Å². The molecule has 0 bridgehead atoms. The van der Waals surface area contributed by atoms with E-state index in [1.54, 1.807) is 12.1 Å². The van der Waals surface area contributed by atoms with Gasteiger partial charge in [0.15, 0.2) is 0 Å². The van der Waals surface area contributed by atoms with Crippen molar-refractivity contribution in [3.63, 3.8) is 0 Å². The molecule has 1 unspecified atom stereocenters. The minimum atomic E-state index is -0.385. The Morgan fingerprint density at radius 1 is 1.12 bits per heavy atom. The Kier molecular flexibility index (Phi) is 6.16. The van der Waals surface area contributed by atoms with Gasteiger partial charge in [-0.3, -0.25) is 4.79 Å². The molecule has 0 saturated heterocycles. The van der Waals surface area contributed by atoms with Crippen molar-refractivity contribution in [3.05, 3.63) is 68.7 Å². The second-order valence-corrected chi connectivity index (χ2v) is 7.42. The van der Waals surface area contributed by atoms with Crippen molar-refractivity contribution in [1.82, 2.24) is 16.0 Å². The smallest absolute Gasteiger partial charge is 0.315 e. The molecule has 0 aliphatic heterocycles. The molecular weight excluding hydrogens is 418 g/mol. The summed E-state index contributed by atoms with van der Waals surface area (Å²) >= 11 is 9.37. The highest BCUT2D eigenvalue weighted by Gasteiger charge is 2.25. The number of hydrogen-bond donors (Lipinski definition) is 3. The van der Waals surface area contributed by atoms with E-state index >= 15 is 0 Å². The zero-order valence-corrected chi connectivity index (χ0v) is 16.4. The van der Waals surface area contributed by atoms with Gasteiger partial charge < -0.3 is 16.0 Å². The second kappa shape index (κ2) is 8.56. The molecule has 2 aromatic carbocycles. The molecule has 3 amide bonds. The lowest BCUT2D eigenvalue weighted by Gasteiger charge is -2.15. The molecule has 136 valence electrons. The second-order valence-electron chi connectivity index (χ2n) is 6.13. The highest BCUT2D eigenvalue weighted by Crippen LogP contribution is 2.35. The van der Waals surface area contributed by atoms with Crippen LogP contribution in [0.15, 0.2) is 46.9 Å². The molecule has 0 fully saturated rings. The van der Waals surface area contributed by atoms with Crippen molar-refractivity contribution in [1.29, 1.82) is 0 Å². The lowest BCUT2D eigenvalue weighted by molar-refractivity contribution is -0.120.